The SMILES string of the molecule is CN=C(NCCCNC(=O)OC(C)(C)C)N1CCN(c2ccccn2)CC1. The first kappa shape index (κ1) is 20.8. The summed E-state index contributed by atoms with van der Waals surface area (Å²) in [6.07, 6.45) is 2.25. The van der Waals surface area contributed by atoms with Gasteiger partial charge in [-0.2, -0.15) is 0 Å². The largest absolute Gasteiger partial charge is 0.444 e. The Hall–Kier alpha value is -2.51. The predicted octanol–water partition coefficient (Wildman–Crippen LogP) is 1.69. The van der Waals surface area contributed by atoms with E-state index in [0.29, 0.717) is 6.54 Å². The minimum Gasteiger partial charge on any atom is -0.444 e. The number of ether oxygens (including phenoxy) is 1. The summed E-state index contributed by atoms with van der Waals surface area (Å²) in [7, 11) is 1.80. The Labute approximate surface area is 162 Å². The van der Waals surface area contributed by atoms with Gasteiger partial charge in [0.25, 0.3) is 0 Å². The van der Waals surface area contributed by atoms with Crippen molar-refractivity contribution in [3.63, 3.8) is 0 Å². The van der Waals surface area contributed by atoms with Crippen LogP contribution in [0.2, 0.25) is 0 Å². The molecular formula is C19H32N6O2. The molecule has 0 aliphatic carbocycles. The molecule has 1 aromatic heterocycles. The van der Waals surface area contributed by atoms with Crippen LogP contribution in [0.3, 0.4) is 0 Å². The lowest BCUT2D eigenvalue weighted by atomic mass is 10.2. The van der Waals surface area contributed by atoms with E-state index >= 15 is 0 Å². The molecule has 0 unspecified atom stereocenters. The number of nitrogens with zero attached hydrogens (tertiary/aromatic N) is 4. The van der Waals surface area contributed by atoms with E-state index in [-0.39, 0.29) is 6.09 Å². The molecule has 1 aliphatic rings. The van der Waals surface area contributed by atoms with Crippen molar-refractivity contribution in [2.45, 2.75) is 32.8 Å². The number of amides is 1. The van der Waals surface area contributed by atoms with E-state index < -0.39 is 5.60 Å². The lowest BCUT2D eigenvalue weighted by molar-refractivity contribution is 0.0527. The van der Waals surface area contributed by atoms with Gasteiger partial charge in [0.15, 0.2) is 5.96 Å². The number of carbonyl (C=O) groups is 1. The summed E-state index contributed by atoms with van der Waals surface area (Å²) in [5, 5.41) is 6.13. The van der Waals surface area contributed by atoms with E-state index in [1.807, 2.05) is 45.2 Å². The fourth-order valence-corrected chi connectivity index (χ4v) is 2.81. The van der Waals surface area contributed by atoms with Crippen LogP contribution in [0.15, 0.2) is 29.4 Å². The Morgan fingerprint density at radius 2 is 1.89 bits per heavy atom. The zero-order valence-electron chi connectivity index (χ0n) is 16.9. The third-order valence-electron chi connectivity index (χ3n) is 4.07. The first-order valence-corrected chi connectivity index (χ1v) is 9.47. The van der Waals surface area contributed by atoms with Crippen LogP contribution < -0.4 is 15.5 Å². The summed E-state index contributed by atoms with van der Waals surface area (Å²) >= 11 is 0. The second-order valence-corrected chi connectivity index (χ2v) is 7.42. The molecule has 2 N–H and O–H groups in total. The monoisotopic (exact) mass is 376 g/mol. The summed E-state index contributed by atoms with van der Waals surface area (Å²) in [4.78, 5) is 24.9. The van der Waals surface area contributed by atoms with Gasteiger partial charge in [0.05, 0.1) is 0 Å². The Bertz CT molecular complexity index is 606. The molecule has 8 heteroatoms. The maximum atomic E-state index is 11.6. The zero-order chi connectivity index (χ0) is 19.7. The number of aliphatic imine (C=N–C) groups is 1. The van der Waals surface area contributed by atoms with E-state index in [4.69, 9.17) is 4.74 Å². The first-order chi connectivity index (χ1) is 12.9. The Kier molecular flexibility index (Phi) is 7.69. The molecule has 1 saturated heterocycles. The second kappa shape index (κ2) is 9.99. The summed E-state index contributed by atoms with van der Waals surface area (Å²) in [5.74, 6) is 1.92. The first-order valence-electron chi connectivity index (χ1n) is 9.47. The number of alkyl carbamates (subject to hydrolysis) is 1. The maximum Gasteiger partial charge on any atom is 0.407 e. The highest BCUT2D eigenvalue weighted by atomic mass is 16.6. The summed E-state index contributed by atoms with van der Waals surface area (Å²) in [6, 6.07) is 5.99. The van der Waals surface area contributed by atoms with Gasteiger partial charge in [-0.05, 0) is 39.3 Å². The normalized spacial score (nSPS) is 15.5. The summed E-state index contributed by atoms with van der Waals surface area (Å²) in [6.45, 7) is 10.5. The highest BCUT2D eigenvalue weighted by Gasteiger charge is 2.20. The lowest BCUT2D eigenvalue weighted by Gasteiger charge is -2.37. The minimum atomic E-state index is -0.470. The van der Waals surface area contributed by atoms with Crippen LogP contribution in [0.4, 0.5) is 10.6 Å². The quantitative estimate of drug-likeness (QED) is 0.462. The van der Waals surface area contributed by atoms with Crippen molar-refractivity contribution in [2.75, 3.05) is 51.2 Å². The van der Waals surface area contributed by atoms with Crippen LogP contribution in [-0.4, -0.2) is 73.9 Å². The van der Waals surface area contributed by atoms with Gasteiger partial charge in [0, 0.05) is 52.5 Å². The lowest BCUT2D eigenvalue weighted by Crippen LogP contribution is -2.53. The van der Waals surface area contributed by atoms with Gasteiger partial charge in [0.2, 0.25) is 0 Å². The van der Waals surface area contributed by atoms with E-state index in [0.717, 1.165) is 50.9 Å². The summed E-state index contributed by atoms with van der Waals surface area (Å²) < 4.78 is 5.22. The number of rotatable bonds is 5. The molecule has 1 aliphatic heterocycles. The smallest absolute Gasteiger partial charge is 0.407 e. The topological polar surface area (TPSA) is 82.1 Å². The van der Waals surface area contributed by atoms with Gasteiger partial charge in [-0.15, -0.1) is 0 Å². The molecule has 0 atom stereocenters. The van der Waals surface area contributed by atoms with Gasteiger partial charge < -0.3 is 25.2 Å². The Morgan fingerprint density at radius 1 is 1.19 bits per heavy atom. The van der Waals surface area contributed by atoms with E-state index in [1.54, 1.807) is 7.05 Å². The molecule has 1 fully saturated rings. The number of guanidine groups is 1. The average molecular weight is 377 g/mol. The second-order valence-electron chi connectivity index (χ2n) is 7.42. The van der Waals surface area contributed by atoms with Crippen molar-refractivity contribution in [1.29, 1.82) is 0 Å². The van der Waals surface area contributed by atoms with Gasteiger partial charge in [0.1, 0.15) is 11.4 Å². The van der Waals surface area contributed by atoms with Crippen LogP contribution in [0.1, 0.15) is 27.2 Å². The number of pyridine rings is 1. The predicted molar refractivity (Wildman–Crippen MR) is 108 cm³/mol. The van der Waals surface area contributed by atoms with Crippen molar-refractivity contribution < 1.29 is 9.53 Å². The van der Waals surface area contributed by atoms with Gasteiger partial charge >= 0.3 is 6.09 Å². The molecule has 0 radical (unpaired) electrons. The summed E-state index contributed by atoms with van der Waals surface area (Å²) in [5.41, 5.74) is -0.470. The molecule has 1 amide bonds. The molecule has 150 valence electrons. The highest BCUT2D eigenvalue weighted by molar-refractivity contribution is 5.80. The van der Waals surface area contributed by atoms with Gasteiger partial charge in [-0.1, -0.05) is 6.07 Å². The fraction of sp³-hybridized carbons (Fsp3) is 0.632. The number of piperazine rings is 1. The molecule has 0 aromatic carbocycles. The average Bonchev–Trinajstić information content (AvgIpc) is 2.64. The van der Waals surface area contributed by atoms with Gasteiger partial charge in [-0.3, -0.25) is 4.99 Å². The van der Waals surface area contributed by atoms with Crippen LogP contribution >= 0.6 is 0 Å². The molecule has 0 bridgehead atoms. The fourth-order valence-electron chi connectivity index (χ4n) is 2.81. The van der Waals surface area contributed by atoms with Crippen LogP contribution in [0, 0.1) is 0 Å². The number of anilines is 1. The van der Waals surface area contributed by atoms with Gasteiger partial charge in [-0.25, -0.2) is 9.78 Å². The van der Waals surface area contributed by atoms with Crippen molar-refractivity contribution in [1.82, 2.24) is 20.5 Å². The van der Waals surface area contributed by atoms with E-state index in [1.165, 1.54) is 0 Å². The Morgan fingerprint density at radius 3 is 2.48 bits per heavy atom. The van der Waals surface area contributed by atoms with Crippen molar-refractivity contribution in [3.05, 3.63) is 24.4 Å². The molecule has 27 heavy (non-hydrogen) atoms. The number of carbonyl (C=O) groups excluding carboxylic acids is 1. The van der Waals surface area contributed by atoms with Crippen LogP contribution in [-0.2, 0) is 4.74 Å². The third kappa shape index (κ3) is 7.32. The molecule has 2 rings (SSSR count). The Balaban J connectivity index is 1.66. The molecule has 8 nitrogen and oxygen atoms in total. The number of hydrogen-bond donors (Lipinski definition) is 2. The molecule has 0 saturated carbocycles. The van der Waals surface area contributed by atoms with Crippen LogP contribution in [0.5, 0.6) is 0 Å². The van der Waals surface area contributed by atoms with Crippen molar-refractivity contribution in [2.24, 2.45) is 4.99 Å². The van der Waals surface area contributed by atoms with E-state index in [2.05, 4.69) is 30.4 Å². The third-order valence-corrected chi connectivity index (χ3v) is 4.07. The van der Waals surface area contributed by atoms with Crippen molar-refractivity contribution >= 4 is 17.9 Å². The van der Waals surface area contributed by atoms with Crippen LogP contribution in [0.25, 0.3) is 0 Å². The number of nitrogens with one attached hydrogen (secondary N) is 2. The molecule has 1 aromatic rings. The number of hydrogen-bond acceptors (Lipinski definition) is 5. The standard InChI is InChI=1S/C19H32N6O2/c1-19(2,3)27-18(26)23-11-7-10-22-17(20-4)25-14-12-24(13-15-25)16-8-5-6-9-21-16/h5-6,8-9H,7,10-15H2,1-4H3,(H,20,22)(H,23,26). The van der Waals surface area contributed by atoms with E-state index in [9.17, 15) is 4.79 Å². The molecule has 2 heterocycles. The maximum absolute atomic E-state index is 11.6. The minimum absolute atomic E-state index is 0.377. The highest BCUT2D eigenvalue weighted by Crippen LogP contribution is 2.12. The molecular weight excluding hydrogens is 344 g/mol. The number of aromatic nitrogens is 1. The van der Waals surface area contributed by atoms with Crippen molar-refractivity contribution in [3.8, 4) is 0 Å². The molecule has 0 spiro atoms. The zero-order valence-corrected chi connectivity index (χ0v) is 16.9.